The van der Waals surface area contributed by atoms with Crippen LogP contribution in [-0.2, 0) is 16.0 Å². The van der Waals surface area contributed by atoms with E-state index in [-0.39, 0.29) is 25.0 Å². The number of para-hydroxylation sites is 1. The van der Waals surface area contributed by atoms with Gasteiger partial charge in [0, 0.05) is 12.3 Å². The maximum Gasteiger partial charge on any atom is 0.407 e. The first kappa shape index (κ1) is 22.4. The summed E-state index contributed by atoms with van der Waals surface area (Å²) in [4.78, 5) is 24.4. The van der Waals surface area contributed by atoms with Crippen molar-refractivity contribution in [2.24, 2.45) is 0 Å². The van der Waals surface area contributed by atoms with Crippen LogP contribution in [0.25, 0.3) is 11.1 Å². The minimum Gasteiger partial charge on any atom is -0.491 e. The molecule has 0 bridgehead atoms. The van der Waals surface area contributed by atoms with Gasteiger partial charge in [-0.25, -0.2) is 9.59 Å². The fraction of sp³-hybridized carbons (Fsp3) is 0.259. The highest BCUT2D eigenvalue weighted by atomic mass is 16.5. The number of carboxylic acids is 1. The average molecular weight is 446 g/mol. The van der Waals surface area contributed by atoms with Crippen molar-refractivity contribution in [3.63, 3.8) is 0 Å². The van der Waals surface area contributed by atoms with E-state index >= 15 is 0 Å². The van der Waals surface area contributed by atoms with Crippen LogP contribution in [-0.4, -0.2) is 35.9 Å². The summed E-state index contributed by atoms with van der Waals surface area (Å²) in [5.74, 6) is -0.623. The molecule has 1 atom stereocenters. The van der Waals surface area contributed by atoms with Crippen molar-refractivity contribution in [1.82, 2.24) is 5.32 Å². The molecule has 0 heterocycles. The van der Waals surface area contributed by atoms with Gasteiger partial charge < -0.3 is 19.9 Å². The molecule has 3 aromatic rings. The van der Waals surface area contributed by atoms with Gasteiger partial charge >= 0.3 is 12.1 Å². The number of carbonyl (C=O) groups excluding carboxylic acids is 1. The van der Waals surface area contributed by atoms with Crippen LogP contribution in [0, 0.1) is 0 Å². The lowest BCUT2D eigenvalue weighted by Crippen LogP contribution is -2.43. The number of hydrogen-bond donors (Lipinski definition) is 2. The summed E-state index contributed by atoms with van der Waals surface area (Å²) in [6.07, 6.45) is -0.723. The monoisotopic (exact) mass is 445 g/mol. The van der Waals surface area contributed by atoms with E-state index in [1.54, 1.807) is 12.1 Å². The lowest BCUT2D eigenvalue weighted by atomic mass is 9.98. The van der Waals surface area contributed by atoms with Crippen molar-refractivity contribution < 1.29 is 24.2 Å². The number of alkyl carbamates (subject to hydrolysis) is 1. The molecule has 0 saturated carbocycles. The van der Waals surface area contributed by atoms with Crippen molar-refractivity contribution in [2.75, 3.05) is 6.61 Å². The van der Waals surface area contributed by atoms with Gasteiger partial charge in [-0.1, -0.05) is 66.7 Å². The molecule has 1 aliphatic carbocycles. The molecule has 33 heavy (non-hydrogen) atoms. The number of rotatable bonds is 8. The molecular weight excluding hydrogens is 418 g/mol. The summed E-state index contributed by atoms with van der Waals surface area (Å²) < 4.78 is 11.3. The number of benzene rings is 3. The smallest absolute Gasteiger partial charge is 0.407 e. The number of carboxylic acid groups (broad SMARTS) is 1. The topological polar surface area (TPSA) is 84.9 Å². The van der Waals surface area contributed by atoms with Gasteiger partial charge in [-0.3, -0.25) is 0 Å². The van der Waals surface area contributed by atoms with E-state index in [4.69, 9.17) is 9.47 Å². The molecule has 1 aliphatic rings. The largest absolute Gasteiger partial charge is 0.491 e. The zero-order valence-electron chi connectivity index (χ0n) is 18.7. The third-order valence-electron chi connectivity index (χ3n) is 5.69. The van der Waals surface area contributed by atoms with Gasteiger partial charge in [-0.05, 0) is 47.7 Å². The Morgan fingerprint density at radius 1 is 0.909 bits per heavy atom. The van der Waals surface area contributed by atoms with Crippen molar-refractivity contribution in [2.45, 2.75) is 38.3 Å². The number of hydrogen-bond acceptors (Lipinski definition) is 4. The fourth-order valence-electron chi connectivity index (χ4n) is 4.24. The second-order valence-corrected chi connectivity index (χ2v) is 8.34. The molecule has 3 aromatic carbocycles. The molecule has 0 aliphatic heterocycles. The number of aliphatic carboxylic acids is 1. The first-order chi connectivity index (χ1) is 15.9. The second kappa shape index (κ2) is 9.77. The number of carbonyl (C=O) groups is 2. The van der Waals surface area contributed by atoms with Crippen LogP contribution in [0.15, 0.2) is 72.8 Å². The molecule has 0 unspecified atom stereocenters. The van der Waals surface area contributed by atoms with Gasteiger partial charge in [0.2, 0.25) is 0 Å². The van der Waals surface area contributed by atoms with E-state index in [2.05, 4.69) is 17.4 Å². The van der Waals surface area contributed by atoms with Gasteiger partial charge in [-0.2, -0.15) is 0 Å². The molecule has 0 fully saturated rings. The van der Waals surface area contributed by atoms with Crippen molar-refractivity contribution in [3.05, 3.63) is 89.5 Å². The highest BCUT2D eigenvalue weighted by Gasteiger charge is 2.30. The van der Waals surface area contributed by atoms with Crippen molar-refractivity contribution >= 4 is 12.1 Å². The Hall–Kier alpha value is -3.80. The predicted molar refractivity (Wildman–Crippen MR) is 126 cm³/mol. The summed E-state index contributed by atoms with van der Waals surface area (Å²) in [7, 11) is 0. The van der Waals surface area contributed by atoms with Crippen LogP contribution in [0.3, 0.4) is 0 Å². The van der Waals surface area contributed by atoms with E-state index in [1.807, 2.05) is 62.4 Å². The molecule has 0 radical (unpaired) electrons. The number of fused-ring (bicyclic) bond motifs is 3. The van der Waals surface area contributed by atoms with Gasteiger partial charge in [0.15, 0.2) is 0 Å². The molecule has 1 amide bonds. The van der Waals surface area contributed by atoms with Crippen LogP contribution >= 0.6 is 0 Å². The van der Waals surface area contributed by atoms with Gasteiger partial charge in [0.25, 0.3) is 0 Å². The molecule has 0 spiro atoms. The molecule has 170 valence electrons. The quantitative estimate of drug-likeness (QED) is 0.509. The molecule has 6 nitrogen and oxygen atoms in total. The number of nitrogens with one attached hydrogen (secondary N) is 1. The van der Waals surface area contributed by atoms with Gasteiger partial charge in [0.1, 0.15) is 18.4 Å². The Labute approximate surface area is 193 Å². The average Bonchev–Trinajstić information content (AvgIpc) is 3.12. The maximum atomic E-state index is 12.6. The predicted octanol–water partition coefficient (Wildman–Crippen LogP) is 5.01. The third kappa shape index (κ3) is 5.00. The molecule has 0 saturated heterocycles. The zero-order chi connectivity index (χ0) is 23.4. The Bertz CT molecular complexity index is 1110. The molecular formula is C27H27NO5. The fourth-order valence-corrected chi connectivity index (χ4v) is 4.24. The van der Waals surface area contributed by atoms with Crippen molar-refractivity contribution in [3.8, 4) is 16.9 Å². The standard InChI is InChI=1S/C27H27NO5/c1-17(2)33-25-14-8-3-9-18(25)15-24(26(29)30)28-27(31)32-16-23-21-12-6-4-10-19(21)20-11-5-7-13-22(20)23/h3-14,17,23-24H,15-16H2,1-2H3,(H,28,31)(H,29,30)/t24-/m0/s1. The lowest BCUT2D eigenvalue weighted by molar-refractivity contribution is -0.139. The minimum absolute atomic E-state index is 0.0514. The summed E-state index contributed by atoms with van der Waals surface area (Å²) in [6, 6.07) is 22.2. The highest BCUT2D eigenvalue weighted by molar-refractivity contribution is 5.81. The Morgan fingerprint density at radius 2 is 1.48 bits per heavy atom. The van der Waals surface area contributed by atoms with Gasteiger partial charge in [0.05, 0.1) is 6.10 Å². The molecule has 6 heteroatoms. The Kier molecular flexibility index (Phi) is 6.63. The van der Waals surface area contributed by atoms with Crippen LogP contribution in [0.5, 0.6) is 5.75 Å². The van der Waals surface area contributed by atoms with E-state index in [0.717, 1.165) is 22.3 Å². The van der Waals surface area contributed by atoms with E-state index in [1.165, 1.54) is 0 Å². The first-order valence-electron chi connectivity index (χ1n) is 11.0. The van der Waals surface area contributed by atoms with Gasteiger partial charge in [-0.15, -0.1) is 0 Å². The highest BCUT2D eigenvalue weighted by Crippen LogP contribution is 2.44. The number of ether oxygens (including phenoxy) is 2. The number of amides is 1. The first-order valence-corrected chi connectivity index (χ1v) is 11.0. The van der Waals surface area contributed by atoms with E-state index in [0.29, 0.717) is 11.3 Å². The van der Waals surface area contributed by atoms with Crippen molar-refractivity contribution in [1.29, 1.82) is 0 Å². The van der Waals surface area contributed by atoms with E-state index < -0.39 is 18.1 Å². The zero-order valence-corrected chi connectivity index (χ0v) is 18.7. The SMILES string of the molecule is CC(C)Oc1ccccc1C[C@H](NC(=O)OCC1c2ccccc2-c2ccccc21)C(=O)O. The third-order valence-corrected chi connectivity index (χ3v) is 5.69. The lowest BCUT2D eigenvalue weighted by Gasteiger charge is -2.19. The van der Waals surface area contributed by atoms with Crippen LogP contribution in [0.4, 0.5) is 4.79 Å². The second-order valence-electron chi connectivity index (χ2n) is 8.34. The van der Waals surface area contributed by atoms with Crippen LogP contribution in [0.2, 0.25) is 0 Å². The summed E-state index contributed by atoms with van der Waals surface area (Å²) in [6.45, 7) is 3.93. The molecule has 0 aromatic heterocycles. The summed E-state index contributed by atoms with van der Waals surface area (Å²) in [5.41, 5.74) is 5.17. The van der Waals surface area contributed by atoms with Crippen LogP contribution in [0.1, 0.15) is 36.5 Å². The molecule has 2 N–H and O–H groups in total. The normalized spacial score (nSPS) is 13.2. The Balaban J connectivity index is 1.43. The van der Waals surface area contributed by atoms with E-state index in [9.17, 15) is 14.7 Å². The minimum atomic E-state index is -1.14. The Morgan fingerprint density at radius 3 is 2.09 bits per heavy atom. The summed E-state index contributed by atoms with van der Waals surface area (Å²) in [5, 5.41) is 12.2. The maximum absolute atomic E-state index is 12.6. The van der Waals surface area contributed by atoms with Crippen LogP contribution < -0.4 is 10.1 Å². The molecule has 4 rings (SSSR count). The summed E-state index contributed by atoms with van der Waals surface area (Å²) >= 11 is 0.